The molecule has 3 heterocycles. The summed E-state index contributed by atoms with van der Waals surface area (Å²) < 4.78 is 0. The van der Waals surface area contributed by atoms with Crippen LogP contribution in [0, 0.1) is 0 Å². The number of aromatic nitrogens is 3. The number of thiazole rings is 1. The molecule has 22 heavy (non-hydrogen) atoms. The number of rotatable bonds is 5. The second-order valence-electron chi connectivity index (χ2n) is 4.66. The van der Waals surface area contributed by atoms with Gasteiger partial charge in [0.2, 0.25) is 5.91 Å². The SMILES string of the molecule is O=C(Cc1csc(-c2cccnc2)n1)NCc1ccccn1. The first-order valence-corrected chi connectivity index (χ1v) is 7.70. The van der Waals surface area contributed by atoms with E-state index < -0.39 is 0 Å². The highest BCUT2D eigenvalue weighted by atomic mass is 32.1. The van der Waals surface area contributed by atoms with Crippen LogP contribution in [-0.4, -0.2) is 20.9 Å². The second-order valence-corrected chi connectivity index (χ2v) is 5.52. The largest absolute Gasteiger partial charge is 0.350 e. The van der Waals surface area contributed by atoms with Gasteiger partial charge in [0.05, 0.1) is 24.4 Å². The molecule has 0 fully saturated rings. The van der Waals surface area contributed by atoms with Gasteiger partial charge in [0.15, 0.2) is 0 Å². The normalized spacial score (nSPS) is 10.4. The minimum Gasteiger partial charge on any atom is -0.350 e. The minimum atomic E-state index is -0.0614. The lowest BCUT2D eigenvalue weighted by Gasteiger charge is -2.03. The van der Waals surface area contributed by atoms with Crippen LogP contribution in [0.15, 0.2) is 54.3 Å². The number of amides is 1. The Hall–Kier alpha value is -2.60. The van der Waals surface area contributed by atoms with Crippen molar-refractivity contribution >= 4 is 17.2 Å². The maximum absolute atomic E-state index is 11.9. The number of pyridine rings is 2. The Bertz CT molecular complexity index is 743. The topological polar surface area (TPSA) is 67.8 Å². The Morgan fingerprint density at radius 1 is 1.14 bits per heavy atom. The zero-order chi connectivity index (χ0) is 15.2. The van der Waals surface area contributed by atoms with Crippen LogP contribution < -0.4 is 5.32 Å². The summed E-state index contributed by atoms with van der Waals surface area (Å²) in [6, 6.07) is 9.45. The van der Waals surface area contributed by atoms with Gasteiger partial charge in [-0.15, -0.1) is 11.3 Å². The smallest absolute Gasteiger partial charge is 0.226 e. The molecular weight excluding hydrogens is 296 g/mol. The summed E-state index contributed by atoms with van der Waals surface area (Å²) in [6.45, 7) is 0.430. The quantitative estimate of drug-likeness (QED) is 0.786. The minimum absolute atomic E-state index is 0.0614. The van der Waals surface area contributed by atoms with E-state index in [1.165, 1.54) is 11.3 Å². The van der Waals surface area contributed by atoms with Crippen LogP contribution in [0.4, 0.5) is 0 Å². The van der Waals surface area contributed by atoms with E-state index in [9.17, 15) is 4.79 Å². The van der Waals surface area contributed by atoms with Crippen molar-refractivity contribution in [2.75, 3.05) is 0 Å². The lowest BCUT2D eigenvalue weighted by molar-refractivity contribution is -0.120. The van der Waals surface area contributed by atoms with Crippen LogP contribution in [0.25, 0.3) is 10.6 Å². The van der Waals surface area contributed by atoms with Crippen molar-refractivity contribution in [2.24, 2.45) is 0 Å². The van der Waals surface area contributed by atoms with Gasteiger partial charge in [-0.3, -0.25) is 14.8 Å². The number of nitrogens with zero attached hydrogens (tertiary/aromatic N) is 3. The van der Waals surface area contributed by atoms with Gasteiger partial charge >= 0.3 is 0 Å². The van der Waals surface area contributed by atoms with Crippen LogP contribution in [0.2, 0.25) is 0 Å². The lowest BCUT2D eigenvalue weighted by atomic mass is 10.3. The van der Waals surface area contributed by atoms with Crippen LogP contribution in [0.1, 0.15) is 11.4 Å². The molecule has 0 aromatic carbocycles. The number of hydrogen-bond acceptors (Lipinski definition) is 5. The Balaban J connectivity index is 1.57. The fourth-order valence-electron chi connectivity index (χ4n) is 1.93. The summed E-state index contributed by atoms with van der Waals surface area (Å²) in [5.41, 5.74) is 2.57. The van der Waals surface area contributed by atoms with Gasteiger partial charge in [-0.25, -0.2) is 4.98 Å². The number of hydrogen-bond donors (Lipinski definition) is 1. The molecule has 0 spiro atoms. The highest BCUT2D eigenvalue weighted by molar-refractivity contribution is 7.13. The van der Waals surface area contributed by atoms with E-state index in [2.05, 4.69) is 20.3 Å². The maximum atomic E-state index is 11.9. The Kier molecular flexibility index (Phi) is 4.50. The van der Waals surface area contributed by atoms with Crippen LogP contribution in [0.5, 0.6) is 0 Å². The fourth-order valence-corrected chi connectivity index (χ4v) is 2.74. The molecule has 110 valence electrons. The van der Waals surface area contributed by atoms with Gasteiger partial charge in [0, 0.05) is 29.5 Å². The third-order valence-electron chi connectivity index (χ3n) is 2.99. The molecule has 5 nitrogen and oxygen atoms in total. The molecule has 1 N–H and O–H groups in total. The Morgan fingerprint density at radius 2 is 2.09 bits per heavy atom. The molecule has 6 heteroatoms. The van der Waals surface area contributed by atoms with E-state index in [0.29, 0.717) is 6.54 Å². The maximum Gasteiger partial charge on any atom is 0.226 e. The molecule has 3 aromatic rings. The summed E-state index contributed by atoms with van der Waals surface area (Å²) in [6.07, 6.45) is 5.47. The average molecular weight is 310 g/mol. The van der Waals surface area contributed by atoms with Gasteiger partial charge in [-0.1, -0.05) is 6.07 Å². The first-order valence-electron chi connectivity index (χ1n) is 6.82. The van der Waals surface area contributed by atoms with Crippen molar-refractivity contribution in [3.05, 3.63) is 65.7 Å². The van der Waals surface area contributed by atoms with Gasteiger partial charge in [0.1, 0.15) is 5.01 Å². The molecule has 0 aliphatic carbocycles. The molecule has 3 rings (SSSR count). The zero-order valence-electron chi connectivity index (χ0n) is 11.8. The molecule has 0 atom stereocenters. The molecule has 0 aliphatic rings. The third kappa shape index (κ3) is 3.73. The molecule has 1 amide bonds. The number of carbonyl (C=O) groups is 1. The molecule has 3 aromatic heterocycles. The molecule has 0 saturated heterocycles. The highest BCUT2D eigenvalue weighted by Gasteiger charge is 2.09. The predicted molar refractivity (Wildman–Crippen MR) is 85.1 cm³/mol. The van der Waals surface area contributed by atoms with Crippen molar-refractivity contribution in [3.8, 4) is 10.6 Å². The van der Waals surface area contributed by atoms with Crippen LogP contribution in [-0.2, 0) is 17.8 Å². The summed E-state index contributed by atoms with van der Waals surface area (Å²) in [5, 5.41) is 5.63. The zero-order valence-corrected chi connectivity index (χ0v) is 12.6. The summed E-state index contributed by atoms with van der Waals surface area (Å²) >= 11 is 1.52. The van der Waals surface area contributed by atoms with E-state index in [-0.39, 0.29) is 12.3 Å². The first kappa shape index (κ1) is 14.3. The Morgan fingerprint density at radius 3 is 2.86 bits per heavy atom. The third-order valence-corrected chi connectivity index (χ3v) is 3.93. The molecule has 0 saturated carbocycles. The molecule has 0 unspecified atom stereocenters. The number of nitrogens with one attached hydrogen (secondary N) is 1. The van der Waals surface area contributed by atoms with Crippen LogP contribution >= 0.6 is 11.3 Å². The van der Waals surface area contributed by atoms with Crippen molar-refractivity contribution in [2.45, 2.75) is 13.0 Å². The summed E-state index contributed by atoms with van der Waals surface area (Å²) in [7, 11) is 0. The predicted octanol–water partition coefficient (Wildman–Crippen LogP) is 2.46. The molecule has 0 aliphatic heterocycles. The van der Waals surface area contributed by atoms with Gasteiger partial charge in [-0.2, -0.15) is 0 Å². The van der Waals surface area contributed by atoms with E-state index in [1.807, 2.05) is 35.7 Å². The van der Waals surface area contributed by atoms with E-state index in [4.69, 9.17) is 0 Å². The van der Waals surface area contributed by atoms with Crippen molar-refractivity contribution in [3.63, 3.8) is 0 Å². The van der Waals surface area contributed by atoms with Crippen molar-refractivity contribution in [1.29, 1.82) is 0 Å². The molecule has 0 bridgehead atoms. The van der Waals surface area contributed by atoms with Gasteiger partial charge < -0.3 is 5.32 Å². The van der Waals surface area contributed by atoms with Crippen LogP contribution in [0.3, 0.4) is 0 Å². The van der Waals surface area contributed by atoms with E-state index in [0.717, 1.165) is 22.0 Å². The van der Waals surface area contributed by atoms with E-state index >= 15 is 0 Å². The van der Waals surface area contributed by atoms with Gasteiger partial charge in [-0.05, 0) is 24.3 Å². The first-order chi connectivity index (χ1) is 10.8. The lowest BCUT2D eigenvalue weighted by Crippen LogP contribution is -2.25. The Labute approximate surface area is 132 Å². The standard InChI is InChI=1S/C16H14N4OS/c21-15(19-10-13-5-1-2-7-18-13)8-14-11-22-16(20-14)12-4-3-6-17-9-12/h1-7,9,11H,8,10H2,(H,19,21). The molecular formula is C16H14N4OS. The highest BCUT2D eigenvalue weighted by Crippen LogP contribution is 2.22. The summed E-state index contributed by atoms with van der Waals surface area (Å²) in [4.78, 5) is 24.7. The van der Waals surface area contributed by atoms with Crippen molar-refractivity contribution in [1.82, 2.24) is 20.3 Å². The van der Waals surface area contributed by atoms with Gasteiger partial charge in [0.25, 0.3) is 0 Å². The fraction of sp³-hybridized carbons (Fsp3) is 0.125. The van der Waals surface area contributed by atoms with Crippen molar-refractivity contribution < 1.29 is 4.79 Å². The summed E-state index contributed by atoms with van der Waals surface area (Å²) in [5.74, 6) is -0.0614. The van der Waals surface area contributed by atoms with E-state index in [1.54, 1.807) is 18.6 Å². The second kappa shape index (κ2) is 6.91. The monoisotopic (exact) mass is 310 g/mol. The number of carbonyl (C=O) groups excluding carboxylic acids is 1. The average Bonchev–Trinajstić information content (AvgIpc) is 3.03. The molecule has 0 radical (unpaired) electrons.